The van der Waals surface area contributed by atoms with Crippen LogP contribution in [0.15, 0.2) is 41.3 Å². The van der Waals surface area contributed by atoms with Gasteiger partial charge in [0.15, 0.2) is 11.5 Å². The van der Waals surface area contributed by atoms with Gasteiger partial charge >= 0.3 is 11.7 Å². The van der Waals surface area contributed by atoms with Gasteiger partial charge in [0, 0.05) is 25.7 Å². The van der Waals surface area contributed by atoms with Gasteiger partial charge in [0.1, 0.15) is 5.52 Å². The molecule has 0 unspecified atom stereocenters. The van der Waals surface area contributed by atoms with Crippen molar-refractivity contribution in [2.45, 2.75) is 6.42 Å². The van der Waals surface area contributed by atoms with Crippen LogP contribution in [0.3, 0.4) is 0 Å². The topological polar surface area (TPSA) is 73.0 Å². The summed E-state index contributed by atoms with van der Waals surface area (Å²) in [6.07, 6.45) is 2.52. The second kappa shape index (κ2) is 5.05. The van der Waals surface area contributed by atoms with Crippen LogP contribution in [-0.4, -0.2) is 43.1 Å². The lowest BCUT2D eigenvalue weighted by atomic mass is 10.2. The van der Waals surface area contributed by atoms with Crippen LogP contribution < -0.4 is 5.69 Å². The summed E-state index contributed by atoms with van der Waals surface area (Å²) in [7, 11) is 1.62. The summed E-state index contributed by atoms with van der Waals surface area (Å²) in [5.41, 5.74) is 1.37. The molecule has 0 spiro atoms. The predicted octanol–water partition coefficient (Wildman–Crippen LogP) is 1.47. The Balaban J connectivity index is 1.89. The summed E-state index contributed by atoms with van der Waals surface area (Å²) in [6, 6.07) is 9.23. The number of nitrogens with zero attached hydrogens (tertiary/aromatic N) is 5. The van der Waals surface area contributed by atoms with E-state index < -0.39 is 5.69 Å². The number of benzene rings is 1. The quantitative estimate of drug-likeness (QED) is 0.682. The molecule has 1 fully saturated rings. The highest BCUT2D eigenvalue weighted by molar-refractivity contribution is 5.88. The first-order valence-electron chi connectivity index (χ1n) is 7.46. The number of carbonyl (C=O) groups is 1. The first-order valence-corrected chi connectivity index (χ1v) is 7.46. The summed E-state index contributed by atoms with van der Waals surface area (Å²) >= 11 is 0. The minimum absolute atomic E-state index is 0.303. The Bertz CT molecular complexity index is 954. The fourth-order valence-corrected chi connectivity index (χ4v) is 2.67. The summed E-state index contributed by atoms with van der Waals surface area (Å²) < 4.78 is 2.55. The maximum atomic E-state index is 12.5. The van der Waals surface area contributed by atoms with Gasteiger partial charge in [0.05, 0.1) is 6.20 Å². The normalized spacial score (nSPS) is 14.0. The fraction of sp³-hybridized carbons (Fsp3) is 0.250. The van der Waals surface area contributed by atoms with Gasteiger partial charge in [-0.05, 0) is 6.42 Å². The molecule has 1 aliphatic heterocycles. The number of likely N-dealkylation sites (tertiary alicyclic amines) is 1. The molecule has 1 saturated heterocycles. The second-order valence-electron chi connectivity index (χ2n) is 5.57. The van der Waals surface area contributed by atoms with Crippen molar-refractivity contribution >= 4 is 17.2 Å². The van der Waals surface area contributed by atoms with E-state index in [0.717, 1.165) is 16.6 Å². The molecule has 7 nitrogen and oxygen atoms in total. The van der Waals surface area contributed by atoms with Crippen LogP contribution >= 0.6 is 0 Å². The molecular formula is C16H15N5O2. The van der Waals surface area contributed by atoms with Crippen LogP contribution in [0.25, 0.3) is 22.6 Å². The Morgan fingerprint density at radius 1 is 1.17 bits per heavy atom. The van der Waals surface area contributed by atoms with Crippen LogP contribution in [0.4, 0.5) is 4.79 Å². The Hall–Kier alpha value is -2.96. The number of hydrogen-bond donors (Lipinski definition) is 0. The van der Waals surface area contributed by atoms with Crippen molar-refractivity contribution in [3.05, 3.63) is 47.0 Å². The fourth-order valence-electron chi connectivity index (χ4n) is 2.67. The lowest BCUT2D eigenvalue weighted by molar-refractivity contribution is 0.169. The number of aryl methyl sites for hydroxylation is 1. The lowest BCUT2D eigenvalue weighted by Gasteiger charge is -2.30. The summed E-state index contributed by atoms with van der Waals surface area (Å²) in [4.78, 5) is 35.3. The van der Waals surface area contributed by atoms with Crippen molar-refractivity contribution < 1.29 is 4.79 Å². The summed E-state index contributed by atoms with van der Waals surface area (Å²) in [6.45, 7) is 1.37. The zero-order valence-corrected chi connectivity index (χ0v) is 12.6. The molecule has 3 aromatic rings. The Kier molecular flexibility index (Phi) is 3.00. The average Bonchev–Trinajstić information content (AvgIpc) is 2.78. The standard InChI is InChI=1S/C16H15N5O2/c1-19-14-12(21(15(19)22)16(23)20-8-5-9-20)10-17-13(18-14)11-6-3-2-4-7-11/h2-4,6-7,10H,5,8-9H2,1H3. The van der Waals surface area contributed by atoms with Gasteiger partial charge in [0.2, 0.25) is 0 Å². The van der Waals surface area contributed by atoms with E-state index in [9.17, 15) is 9.59 Å². The van der Waals surface area contributed by atoms with Crippen LogP contribution in [0.1, 0.15) is 6.42 Å². The van der Waals surface area contributed by atoms with Crippen molar-refractivity contribution in [3.8, 4) is 11.4 Å². The molecule has 0 atom stereocenters. The smallest absolute Gasteiger partial charge is 0.324 e. The third-order valence-corrected chi connectivity index (χ3v) is 4.14. The van der Waals surface area contributed by atoms with Gasteiger partial charge in [-0.3, -0.25) is 4.57 Å². The zero-order chi connectivity index (χ0) is 16.0. The number of imidazole rings is 1. The number of carbonyl (C=O) groups excluding carboxylic acids is 1. The molecule has 0 aliphatic carbocycles. The SMILES string of the molecule is Cn1c(=O)n(C(=O)N2CCC2)c2cnc(-c3ccccc3)nc21. The van der Waals surface area contributed by atoms with Crippen molar-refractivity contribution in [3.63, 3.8) is 0 Å². The molecule has 1 aromatic carbocycles. The molecule has 3 heterocycles. The molecule has 23 heavy (non-hydrogen) atoms. The van der Waals surface area contributed by atoms with E-state index in [-0.39, 0.29) is 6.03 Å². The minimum atomic E-state index is -0.392. The van der Waals surface area contributed by atoms with Gasteiger partial charge in [-0.25, -0.2) is 24.1 Å². The highest BCUT2D eigenvalue weighted by atomic mass is 16.2. The first kappa shape index (κ1) is 13.7. The van der Waals surface area contributed by atoms with Gasteiger partial charge < -0.3 is 4.90 Å². The van der Waals surface area contributed by atoms with Crippen LogP contribution in [-0.2, 0) is 7.05 Å². The predicted molar refractivity (Wildman–Crippen MR) is 85.2 cm³/mol. The second-order valence-corrected chi connectivity index (χ2v) is 5.57. The van der Waals surface area contributed by atoms with E-state index in [0.29, 0.717) is 30.1 Å². The largest absolute Gasteiger partial charge is 0.338 e. The number of amides is 1. The number of fused-ring (bicyclic) bond motifs is 1. The van der Waals surface area contributed by atoms with E-state index in [2.05, 4.69) is 9.97 Å². The summed E-state index contributed by atoms with van der Waals surface area (Å²) in [5, 5.41) is 0. The molecule has 116 valence electrons. The highest BCUT2D eigenvalue weighted by Gasteiger charge is 2.26. The number of hydrogen-bond acceptors (Lipinski definition) is 4. The van der Waals surface area contributed by atoms with Gasteiger partial charge in [-0.1, -0.05) is 30.3 Å². The van der Waals surface area contributed by atoms with E-state index >= 15 is 0 Å². The molecule has 0 saturated carbocycles. The highest BCUT2D eigenvalue weighted by Crippen LogP contribution is 2.18. The van der Waals surface area contributed by atoms with Crippen molar-refractivity contribution in [1.29, 1.82) is 0 Å². The number of aromatic nitrogens is 4. The van der Waals surface area contributed by atoms with Gasteiger partial charge in [-0.2, -0.15) is 0 Å². The van der Waals surface area contributed by atoms with Crippen LogP contribution in [0.2, 0.25) is 0 Å². The third-order valence-electron chi connectivity index (χ3n) is 4.14. The molecule has 0 radical (unpaired) electrons. The number of rotatable bonds is 1. The Morgan fingerprint density at radius 3 is 2.57 bits per heavy atom. The average molecular weight is 309 g/mol. The van der Waals surface area contributed by atoms with Crippen molar-refractivity contribution in [1.82, 2.24) is 24.0 Å². The Morgan fingerprint density at radius 2 is 1.91 bits per heavy atom. The molecule has 7 heteroatoms. The van der Waals surface area contributed by atoms with Gasteiger partial charge in [0.25, 0.3) is 0 Å². The third kappa shape index (κ3) is 2.04. The molecule has 1 amide bonds. The maximum Gasteiger partial charge on any atom is 0.338 e. The monoisotopic (exact) mass is 309 g/mol. The first-order chi connectivity index (χ1) is 11.2. The molecule has 2 aromatic heterocycles. The lowest BCUT2D eigenvalue weighted by Crippen LogP contribution is -2.47. The molecule has 0 N–H and O–H groups in total. The van der Waals surface area contributed by atoms with E-state index in [1.807, 2.05) is 30.3 Å². The minimum Gasteiger partial charge on any atom is -0.324 e. The van der Waals surface area contributed by atoms with Gasteiger partial charge in [-0.15, -0.1) is 0 Å². The Labute approximate surface area is 131 Å². The van der Waals surface area contributed by atoms with Crippen LogP contribution in [0, 0.1) is 0 Å². The molecule has 0 bridgehead atoms. The molecular weight excluding hydrogens is 294 g/mol. The molecule has 1 aliphatic rings. The van der Waals surface area contributed by atoms with E-state index in [1.54, 1.807) is 18.1 Å². The summed E-state index contributed by atoms with van der Waals surface area (Å²) in [5.74, 6) is 0.530. The maximum absolute atomic E-state index is 12.5. The van der Waals surface area contributed by atoms with E-state index in [1.165, 1.54) is 4.57 Å². The zero-order valence-electron chi connectivity index (χ0n) is 12.6. The van der Waals surface area contributed by atoms with Crippen LogP contribution in [0.5, 0.6) is 0 Å². The van der Waals surface area contributed by atoms with Crippen molar-refractivity contribution in [2.75, 3.05) is 13.1 Å². The van der Waals surface area contributed by atoms with E-state index in [4.69, 9.17) is 0 Å². The van der Waals surface area contributed by atoms with Crippen molar-refractivity contribution in [2.24, 2.45) is 7.05 Å². The molecule has 4 rings (SSSR count).